The minimum absolute atomic E-state index is 0.0188. The van der Waals surface area contributed by atoms with Crippen molar-refractivity contribution in [2.75, 3.05) is 5.32 Å². The second-order valence-corrected chi connectivity index (χ2v) is 4.65. The minimum atomic E-state index is -0.802. The standard InChI is InChI=1S/C11H10ClN7O4/c1-7(6-18-15-10(14-17-18)19(21)22)16-23-11(20)13-9-4-2-8(12)3-5-9/h2-5H,6H2,1H3,(H,13,20). The summed E-state index contributed by atoms with van der Waals surface area (Å²) >= 11 is 5.72. The molecule has 120 valence electrons. The first-order chi connectivity index (χ1) is 10.9. The van der Waals surface area contributed by atoms with E-state index < -0.39 is 17.0 Å². The van der Waals surface area contributed by atoms with Crippen molar-refractivity contribution in [1.82, 2.24) is 20.2 Å². The van der Waals surface area contributed by atoms with Gasteiger partial charge in [0, 0.05) is 15.9 Å². The number of carbonyl (C=O) groups is 1. The summed E-state index contributed by atoms with van der Waals surface area (Å²) in [5, 5.41) is 27.2. The Bertz CT molecular complexity index is 743. The highest BCUT2D eigenvalue weighted by atomic mass is 35.5. The lowest BCUT2D eigenvalue weighted by Crippen LogP contribution is -2.14. The molecular weight excluding hydrogens is 330 g/mol. The first-order valence-electron chi connectivity index (χ1n) is 6.13. The van der Waals surface area contributed by atoms with Crippen molar-refractivity contribution in [3.05, 3.63) is 39.4 Å². The molecule has 1 N–H and O–H groups in total. The first-order valence-corrected chi connectivity index (χ1v) is 6.51. The van der Waals surface area contributed by atoms with E-state index in [1.54, 1.807) is 24.3 Å². The summed E-state index contributed by atoms with van der Waals surface area (Å²) in [6.07, 6.45) is -0.802. The fraction of sp³-hybridized carbons (Fsp3) is 0.182. The van der Waals surface area contributed by atoms with Crippen molar-refractivity contribution >= 4 is 35.0 Å². The number of tetrazole rings is 1. The van der Waals surface area contributed by atoms with E-state index in [2.05, 4.69) is 30.7 Å². The zero-order valence-corrected chi connectivity index (χ0v) is 12.5. The molecule has 0 spiro atoms. The Kier molecular flexibility index (Phi) is 5.15. The fourth-order valence-corrected chi connectivity index (χ4v) is 1.53. The lowest BCUT2D eigenvalue weighted by Gasteiger charge is -2.03. The van der Waals surface area contributed by atoms with Gasteiger partial charge in [-0.15, -0.1) is 0 Å². The Morgan fingerprint density at radius 3 is 2.78 bits per heavy atom. The maximum atomic E-state index is 11.5. The van der Waals surface area contributed by atoms with E-state index >= 15 is 0 Å². The number of carbonyl (C=O) groups excluding carboxylic acids is 1. The number of halogens is 1. The van der Waals surface area contributed by atoms with Crippen molar-refractivity contribution in [2.45, 2.75) is 13.5 Å². The molecule has 0 radical (unpaired) electrons. The molecular formula is C11H10ClN7O4. The Morgan fingerprint density at radius 2 is 2.17 bits per heavy atom. The van der Waals surface area contributed by atoms with Crippen LogP contribution < -0.4 is 5.32 Å². The van der Waals surface area contributed by atoms with Crippen molar-refractivity contribution in [3.8, 4) is 0 Å². The van der Waals surface area contributed by atoms with Gasteiger partial charge in [-0.2, -0.15) is 0 Å². The van der Waals surface area contributed by atoms with Crippen LogP contribution in [0.25, 0.3) is 0 Å². The van der Waals surface area contributed by atoms with Crippen molar-refractivity contribution in [3.63, 3.8) is 0 Å². The molecule has 0 fully saturated rings. The van der Waals surface area contributed by atoms with Gasteiger partial charge in [0.25, 0.3) is 0 Å². The quantitative estimate of drug-likeness (QED) is 0.379. The van der Waals surface area contributed by atoms with Crippen LogP contribution in [0.1, 0.15) is 6.92 Å². The van der Waals surface area contributed by atoms with E-state index in [0.717, 1.165) is 4.80 Å². The van der Waals surface area contributed by atoms with Crippen LogP contribution in [0.5, 0.6) is 0 Å². The number of nitrogens with zero attached hydrogens (tertiary/aromatic N) is 6. The molecule has 0 saturated carbocycles. The van der Waals surface area contributed by atoms with Gasteiger partial charge in [-0.1, -0.05) is 21.6 Å². The molecule has 1 aromatic carbocycles. The monoisotopic (exact) mass is 339 g/mol. The normalized spacial score (nSPS) is 11.1. The van der Waals surface area contributed by atoms with Gasteiger partial charge < -0.3 is 10.1 Å². The highest BCUT2D eigenvalue weighted by Crippen LogP contribution is 2.13. The van der Waals surface area contributed by atoms with E-state index in [0.29, 0.717) is 16.4 Å². The van der Waals surface area contributed by atoms with Gasteiger partial charge in [0.2, 0.25) is 0 Å². The average molecular weight is 340 g/mol. The number of amides is 1. The van der Waals surface area contributed by atoms with Crippen LogP contribution in [-0.4, -0.2) is 36.9 Å². The highest BCUT2D eigenvalue weighted by molar-refractivity contribution is 6.30. The zero-order chi connectivity index (χ0) is 16.8. The van der Waals surface area contributed by atoms with Gasteiger partial charge in [0.05, 0.1) is 15.9 Å². The zero-order valence-electron chi connectivity index (χ0n) is 11.7. The van der Waals surface area contributed by atoms with Crippen LogP contribution in [0, 0.1) is 10.1 Å². The SMILES string of the molecule is CC(Cn1nnc([N+](=O)[O-])n1)=NOC(=O)Nc1ccc(Cl)cc1. The van der Waals surface area contributed by atoms with Crippen LogP contribution in [-0.2, 0) is 11.4 Å². The lowest BCUT2D eigenvalue weighted by molar-refractivity contribution is -0.394. The summed E-state index contributed by atoms with van der Waals surface area (Å²) in [6.45, 7) is 1.51. The summed E-state index contributed by atoms with van der Waals surface area (Å²) in [7, 11) is 0. The van der Waals surface area contributed by atoms with Crippen molar-refractivity contribution in [1.29, 1.82) is 0 Å². The summed E-state index contributed by atoms with van der Waals surface area (Å²) in [5.74, 6) is -0.626. The molecule has 23 heavy (non-hydrogen) atoms. The van der Waals surface area contributed by atoms with E-state index in [9.17, 15) is 14.9 Å². The molecule has 0 aliphatic carbocycles. The third kappa shape index (κ3) is 5.00. The van der Waals surface area contributed by atoms with Crippen LogP contribution in [0.3, 0.4) is 0 Å². The van der Waals surface area contributed by atoms with E-state index in [-0.39, 0.29) is 6.54 Å². The predicted molar refractivity (Wildman–Crippen MR) is 79.1 cm³/mol. The summed E-state index contributed by atoms with van der Waals surface area (Å²) < 4.78 is 0. The largest absolute Gasteiger partial charge is 0.514 e. The van der Waals surface area contributed by atoms with Crippen LogP contribution in [0.2, 0.25) is 5.02 Å². The molecule has 0 saturated heterocycles. The molecule has 1 aromatic heterocycles. The molecule has 12 heteroatoms. The van der Waals surface area contributed by atoms with E-state index in [1.165, 1.54) is 6.92 Å². The average Bonchev–Trinajstić information content (AvgIpc) is 2.96. The van der Waals surface area contributed by atoms with E-state index in [4.69, 9.17) is 11.6 Å². The molecule has 11 nitrogen and oxygen atoms in total. The number of hydrogen-bond acceptors (Lipinski definition) is 8. The molecule has 2 rings (SSSR count). The van der Waals surface area contributed by atoms with Gasteiger partial charge in [-0.05, 0) is 36.1 Å². The molecule has 2 aromatic rings. The first kappa shape index (κ1) is 16.3. The number of benzene rings is 1. The number of hydrogen-bond donors (Lipinski definition) is 1. The molecule has 0 unspecified atom stereocenters. The Balaban J connectivity index is 1.86. The smallest absolute Gasteiger partial charge is 0.390 e. The molecule has 1 amide bonds. The van der Waals surface area contributed by atoms with Gasteiger partial charge in [-0.3, -0.25) is 10.2 Å². The number of aromatic nitrogens is 4. The Labute approximate surface area is 134 Å². The molecule has 0 aliphatic heterocycles. The van der Waals surface area contributed by atoms with Crippen LogP contribution in [0.15, 0.2) is 29.4 Å². The van der Waals surface area contributed by atoms with Crippen molar-refractivity contribution < 1.29 is 14.6 Å². The van der Waals surface area contributed by atoms with Gasteiger partial charge >= 0.3 is 12.0 Å². The molecule has 0 atom stereocenters. The third-order valence-corrected chi connectivity index (χ3v) is 2.60. The molecule has 0 bridgehead atoms. The number of nitro groups is 1. The second kappa shape index (κ2) is 7.26. The Morgan fingerprint density at radius 1 is 1.48 bits per heavy atom. The summed E-state index contributed by atoms with van der Waals surface area (Å²) in [6, 6.07) is 6.40. The lowest BCUT2D eigenvalue weighted by atomic mass is 10.3. The highest BCUT2D eigenvalue weighted by Gasteiger charge is 2.15. The predicted octanol–water partition coefficient (Wildman–Crippen LogP) is 1.86. The number of nitrogens with one attached hydrogen (secondary N) is 1. The van der Waals surface area contributed by atoms with Gasteiger partial charge in [0.1, 0.15) is 6.54 Å². The van der Waals surface area contributed by atoms with Crippen LogP contribution in [0.4, 0.5) is 16.4 Å². The molecule has 1 heterocycles. The second-order valence-electron chi connectivity index (χ2n) is 4.21. The van der Waals surface area contributed by atoms with Crippen LogP contribution >= 0.6 is 11.6 Å². The number of oxime groups is 1. The topological polar surface area (TPSA) is 137 Å². The minimum Gasteiger partial charge on any atom is -0.390 e. The van der Waals surface area contributed by atoms with E-state index in [1.807, 2.05) is 0 Å². The summed E-state index contributed by atoms with van der Waals surface area (Å²) in [4.78, 5) is 26.8. The molecule has 0 aliphatic rings. The van der Waals surface area contributed by atoms with Crippen molar-refractivity contribution in [2.24, 2.45) is 5.16 Å². The third-order valence-electron chi connectivity index (χ3n) is 2.35. The summed E-state index contributed by atoms with van der Waals surface area (Å²) in [5.41, 5.74) is 0.796. The Hall–Kier alpha value is -3.08. The number of anilines is 1. The number of rotatable bonds is 5. The maximum Gasteiger partial charge on any atom is 0.514 e. The fourth-order valence-electron chi connectivity index (χ4n) is 1.40. The van der Waals surface area contributed by atoms with Gasteiger partial charge in [-0.25, -0.2) is 4.79 Å². The maximum absolute atomic E-state index is 11.5. The van der Waals surface area contributed by atoms with Gasteiger partial charge in [0.15, 0.2) is 0 Å².